The van der Waals surface area contributed by atoms with E-state index >= 15 is 0 Å². The first-order chi connectivity index (χ1) is 13.3. The summed E-state index contributed by atoms with van der Waals surface area (Å²) in [5.74, 6) is -0.957. The lowest BCUT2D eigenvalue weighted by molar-refractivity contribution is -0.136. The van der Waals surface area contributed by atoms with Crippen LogP contribution in [-0.4, -0.2) is 33.6 Å². The minimum absolute atomic E-state index is 0.299. The number of H-pyrrole nitrogens is 1. The normalized spacial score (nSPS) is 14.6. The Morgan fingerprint density at radius 3 is 2.64 bits per heavy atom. The minimum atomic E-state index is -4.66. The van der Waals surface area contributed by atoms with Gasteiger partial charge in [0.15, 0.2) is 5.65 Å². The lowest BCUT2D eigenvalue weighted by Crippen LogP contribution is -2.27. The van der Waals surface area contributed by atoms with Gasteiger partial charge in [0.05, 0.1) is 11.3 Å². The van der Waals surface area contributed by atoms with Gasteiger partial charge in [-0.2, -0.15) is 13.2 Å². The fourth-order valence-electron chi connectivity index (χ4n) is 3.29. The molecule has 0 bridgehead atoms. The van der Waals surface area contributed by atoms with Crippen LogP contribution in [-0.2, 0) is 6.18 Å². The summed E-state index contributed by atoms with van der Waals surface area (Å²) in [6.45, 7) is 1.39. The molecule has 1 aliphatic rings. The summed E-state index contributed by atoms with van der Waals surface area (Å²) in [6.07, 6.45) is -0.290. The van der Waals surface area contributed by atoms with Crippen LogP contribution in [0.15, 0.2) is 41.5 Å². The summed E-state index contributed by atoms with van der Waals surface area (Å²) in [5.41, 5.74) is -1.67. The van der Waals surface area contributed by atoms with Gasteiger partial charge < -0.3 is 10.2 Å². The molecule has 7 nitrogen and oxygen atoms in total. The molecular weight excluding hydrogens is 375 g/mol. The first kappa shape index (κ1) is 18.1. The van der Waals surface area contributed by atoms with Crippen molar-refractivity contribution in [1.29, 1.82) is 0 Å². The molecule has 2 N–H and O–H groups in total. The van der Waals surface area contributed by atoms with E-state index in [1.165, 1.54) is 24.4 Å². The van der Waals surface area contributed by atoms with Gasteiger partial charge in [0.25, 0.3) is 11.5 Å². The maximum absolute atomic E-state index is 13.6. The van der Waals surface area contributed by atoms with Crippen LogP contribution in [0.2, 0.25) is 0 Å². The highest BCUT2D eigenvalue weighted by Crippen LogP contribution is 2.38. The molecule has 0 atom stereocenters. The van der Waals surface area contributed by atoms with Crippen LogP contribution in [0.3, 0.4) is 0 Å². The number of alkyl halides is 3. The van der Waals surface area contributed by atoms with Gasteiger partial charge in [-0.3, -0.25) is 14.7 Å². The van der Waals surface area contributed by atoms with Crippen LogP contribution >= 0.6 is 0 Å². The molecule has 3 heterocycles. The van der Waals surface area contributed by atoms with E-state index in [2.05, 4.69) is 15.4 Å². The number of carbonyl (C=O) groups is 1. The molecule has 0 radical (unpaired) electrons. The Bertz CT molecular complexity index is 1100. The van der Waals surface area contributed by atoms with Crippen molar-refractivity contribution in [2.45, 2.75) is 19.0 Å². The second kappa shape index (κ2) is 6.70. The Balaban J connectivity index is 1.68. The number of anilines is 2. The fraction of sp³-hybridized carbons (Fsp3) is 0.278. The highest BCUT2D eigenvalue weighted by molar-refractivity contribution is 6.04. The van der Waals surface area contributed by atoms with E-state index in [4.69, 9.17) is 0 Å². The number of halogens is 3. The number of aromatic amines is 1. The van der Waals surface area contributed by atoms with Crippen LogP contribution in [0.1, 0.15) is 28.8 Å². The molecule has 10 heteroatoms. The molecule has 28 heavy (non-hydrogen) atoms. The molecule has 1 aliphatic heterocycles. The summed E-state index contributed by atoms with van der Waals surface area (Å²) >= 11 is 0. The highest BCUT2D eigenvalue weighted by atomic mass is 19.4. The van der Waals surface area contributed by atoms with Gasteiger partial charge in [0.1, 0.15) is 5.56 Å². The Labute approximate surface area is 156 Å². The van der Waals surface area contributed by atoms with E-state index in [0.29, 0.717) is 24.4 Å². The van der Waals surface area contributed by atoms with Crippen molar-refractivity contribution in [3.05, 3.63) is 58.1 Å². The monoisotopic (exact) mass is 391 g/mol. The SMILES string of the molecule is O=C(Nc1ccc(N2CCCC2)cc1C(F)(F)F)c1cnc2cc[nH]n2c1=O. The van der Waals surface area contributed by atoms with Crippen LogP contribution in [0, 0.1) is 0 Å². The topological polar surface area (TPSA) is 82.5 Å². The average molecular weight is 391 g/mol. The lowest BCUT2D eigenvalue weighted by atomic mass is 10.1. The molecule has 1 saturated heterocycles. The van der Waals surface area contributed by atoms with Gasteiger partial charge >= 0.3 is 6.18 Å². The summed E-state index contributed by atoms with van der Waals surface area (Å²) < 4.78 is 41.7. The Morgan fingerprint density at radius 2 is 1.93 bits per heavy atom. The quantitative estimate of drug-likeness (QED) is 0.719. The third kappa shape index (κ3) is 3.21. The average Bonchev–Trinajstić information content (AvgIpc) is 3.33. The molecule has 1 amide bonds. The first-order valence-electron chi connectivity index (χ1n) is 8.67. The zero-order chi connectivity index (χ0) is 19.9. The number of nitrogens with one attached hydrogen (secondary N) is 2. The van der Waals surface area contributed by atoms with Gasteiger partial charge in [-0.15, -0.1) is 0 Å². The number of benzene rings is 1. The third-order valence-corrected chi connectivity index (χ3v) is 4.70. The molecular formula is C18H16F3N5O2. The van der Waals surface area contributed by atoms with E-state index in [1.807, 2.05) is 4.90 Å². The first-order valence-corrected chi connectivity index (χ1v) is 8.67. The van der Waals surface area contributed by atoms with E-state index < -0.39 is 28.9 Å². The molecule has 3 aromatic rings. The number of rotatable bonds is 3. The van der Waals surface area contributed by atoms with Crippen molar-refractivity contribution in [2.75, 3.05) is 23.3 Å². The van der Waals surface area contributed by atoms with Crippen LogP contribution < -0.4 is 15.8 Å². The Kier molecular flexibility index (Phi) is 4.33. The Hall–Kier alpha value is -3.30. The van der Waals surface area contributed by atoms with Gasteiger partial charge in [0, 0.05) is 37.2 Å². The maximum atomic E-state index is 13.6. The largest absolute Gasteiger partial charge is 0.418 e. The molecule has 146 valence electrons. The number of hydrogen-bond donors (Lipinski definition) is 2. The lowest BCUT2D eigenvalue weighted by Gasteiger charge is -2.21. The van der Waals surface area contributed by atoms with E-state index in [-0.39, 0.29) is 5.56 Å². The van der Waals surface area contributed by atoms with Crippen molar-refractivity contribution >= 4 is 22.9 Å². The molecule has 1 fully saturated rings. The number of aromatic nitrogens is 3. The molecule has 4 rings (SSSR count). The number of hydrogen-bond acceptors (Lipinski definition) is 4. The van der Waals surface area contributed by atoms with Crippen LogP contribution in [0.5, 0.6) is 0 Å². The van der Waals surface area contributed by atoms with Gasteiger partial charge in [-0.1, -0.05) is 0 Å². The van der Waals surface area contributed by atoms with Crippen molar-refractivity contribution < 1.29 is 18.0 Å². The zero-order valence-electron chi connectivity index (χ0n) is 14.6. The second-order valence-electron chi connectivity index (χ2n) is 6.51. The number of fused-ring (bicyclic) bond motifs is 1. The molecule has 2 aromatic heterocycles. The van der Waals surface area contributed by atoms with E-state index in [1.54, 1.807) is 0 Å². The minimum Gasteiger partial charge on any atom is -0.372 e. The predicted molar refractivity (Wildman–Crippen MR) is 96.7 cm³/mol. The number of carbonyl (C=O) groups excluding carboxylic acids is 1. The van der Waals surface area contributed by atoms with Crippen molar-refractivity contribution in [3.8, 4) is 0 Å². The summed E-state index contributed by atoms with van der Waals surface area (Å²) in [5, 5.41) is 4.80. The standard InChI is InChI=1S/C18H16F3N5O2/c19-18(20,21)13-9-11(25-7-1-2-8-25)3-4-14(13)24-16(27)12-10-22-15-5-6-23-26(15)17(12)28/h3-6,9-10,23H,1-2,7-8H2,(H,24,27). The van der Waals surface area contributed by atoms with E-state index in [9.17, 15) is 22.8 Å². The van der Waals surface area contributed by atoms with Crippen molar-refractivity contribution in [1.82, 2.24) is 14.6 Å². The van der Waals surface area contributed by atoms with Crippen LogP contribution in [0.25, 0.3) is 5.65 Å². The number of amides is 1. The van der Waals surface area contributed by atoms with E-state index in [0.717, 1.165) is 29.6 Å². The smallest absolute Gasteiger partial charge is 0.372 e. The summed E-state index contributed by atoms with van der Waals surface area (Å²) in [7, 11) is 0. The van der Waals surface area contributed by atoms with Gasteiger partial charge in [-0.25, -0.2) is 9.50 Å². The summed E-state index contributed by atoms with van der Waals surface area (Å²) in [4.78, 5) is 30.6. The Morgan fingerprint density at radius 1 is 1.18 bits per heavy atom. The molecule has 1 aromatic carbocycles. The van der Waals surface area contributed by atoms with Crippen molar-refractivity contribution in [2.24, 2.45) is 0 Å². The third-order valence-electron chi connectivity index (χ3n) is 4.70. The van der Waals surface area contributed by atoms with Gasteiger partial charge in [-0.05, 0) is 31.0 Å². The highest BCUT2D eigenvalue weighted by Gasteiger charge is 2.35. The molecule has 0 saturated carbocycles. The summed E-state index contributed by atoms with van der Waals surface area (Å²) in [6, 6.07) is 5.31. The maximum Gasteiger partial charge on any atom is 0.418 e. The molecule has 0 aliphatic carbocycles. The van der Waals surface area contributed by atoms with Crippen LogP contribution in [0.4, 0.5) is 24.5 Å². The second-order valence-corrected chi connectivity index (χ2v) is 6.51. The fourth-order valence-corrected chi connectivity index (χ4v) is 3.29. The molecule has 0 unspecified atom stereocenters. The number of nitrogens with zero attached hydrogens (tertiary/aromatic N) is 3. The predicted octanol–water partition coefficient (Wildman–Crippen LogP) is 2.89. The molecule has 0 spiro atoms. The zero-order valence-corrected chi connectivity index (χ0v) is 14.6. The van der Waals surface area contributed by atoms with Crippen molar-refractivity contribution in [3.63, 3.8) is 0 Å². The van der Waals surface area contributed by atoms with Gasteiger partial charge in [0.2, 0.25) is 0 Å².